The normalized spacial score (nSPS) is 6.00. The van der Waals surface area contributed by atoms with Crippen LogP contribution in [0.2, 0.25) is 0 Å². The van der Waals surface area contributed by atoms with Crippen molar-refractivity contribution in [2.24, 2.45) is 0 Å². The van der Waals surface area contributed by atoms with Gasteiger partial charge in [-0.15, -0.1) is 0 Å². The monoisotopic (exact) mass is 151 g/mol. The first-order valence-corrected chi connectivity index (χ1v) is 1.87. The van der Waals surface area contributed by atoms with Crippen LogP contribution in [0.1, 0.15) is 19.8 Å². The Hall–Kier alpha value is 0.479. The molecular formula is C5H12CuO. The van der Waals surface area contributed by atoms with Gasteiger partial charge in [0.2, 0.25) is 0 Å². The van der Waals surface area contributed by atoms with E-state index in [1.165, 1.54) is 6.61 Å². The summed E-state index contributed by atoms with van der Waals surface area (Å²) in [6.07, 6.45) is 1.86. The quantitative estimate of drug-likeness (QED) is 0.471. The van der Waals surface area contributed by atoms with Gasteiger partial charge in [0.15, 0.2) is 0 Å². The molecule has 0 saturated carbocycles. The molecule has 1 radical (unpaired) electrons. The number of hydrogen-bond donors (Lipinski definition) is 1. The maximum Gasteiger partial charge on any atom is 2.00 e. The standard InChI is InChI=1S/C4H9O.CH3.Cu/c1-2-3-4-5;;/h4-5H,2-3H2,1H3;1H3;/q2*-1;+2. The molecule has 1 N–H and O–H groups in total. The van der Waals surface area contributed by atoms with Crippen LogP contribution in [0.5, 0.6) is 0 Å². The number of hydrogen-bond acceptors (Lipinski definition) is 1. The van der Waals surface area contributed by atoms with Crippen molar-refractivity contribution in [3.8, 4) is 0 Å². The molecule has 0 aliphatic carbocycles. The summed E-state index contributed by atoms with van der Waals surface area (Å²) in [7, 11) is 0. The largest absolute Gasteiger partial charge is 2.00 e. The van der Waals surface area contributed by atoms with Gasteiger partial charge in [0.05, 0.1) is 0 Å². The summed E-state index contributed by atoms with van der Waals surface area (Å²) in [6.45, 7) is 3.20. The third-order valence-electron chi connectivity index (χ3n) is 0.418. The molecule has 1 nitrogen and oxygen atoms in total. The number of unbranched alkanes of at least 4 members (excludes halogenated alkanes) is 1. The molecule has 0 unspecified atom stereocenters. The molecule has 7 heavy (non-hydrogen) atoms. The summed E-state index contributed by atoms with van der Waals surface area (Å²) in [5, 5.41) is 7.94. The molecule has 0 atom stereocenters. The molecule has 0 heterocycles. The number of aliphatic hydroxyl groups is 1. The van der Waals surface area contributed by atoms with Crippen molar-refractivity contribution >= 4 is 0 Å². The van der Waals surface area contributed by atoms with Gasteiger partial charge in [-0.25, -0.2) is 6.61 Å². The third kappa shape index (κ3) is 21.1. The zero-order valence-electron chi connectivity index (χ0n) is 4.74. The van der Waals surface area contributed by atoms with E-state index in [9.17, 15) is 0 Å². The number of aliphatic hydroxyl groups excluding tert-OH is 1. The Morgan fingerprint density at radius 1 is 1.57 bits per heavy atom. The summed E-state index contributed by atoms with van der Waals surface area (Å²) in [5.74, 6) is 0. The predicted octanol–water partition coefficient (Wildman–Crippen LogP) is 1.77. The Kier molecular flexibility index (Phi) is 35.9. The van der Waals surface area contributed by atoms with Crippen molar-refractivity contribution in [3.63, 3.8) is 0 Å². The van der Waals surface area contributed by atoms with Crippen LogP contribution in [-0.2, 0) is 17.1 Å². The molecule has 0 saturated heterocycles. The molecule has 0 aromatic carbocycles. The van der Waals surface area contributed by atoms with E-state index in [1.807, 2.05) is 6.92 Å². The van der Waals surface area contributed by atoms with Crippen LogP contribution >= 0.6 is 0 Å². The Balaban J connectivity index is -0.0000000800. The SMILES string of the molecule is CCC[CH-]O.[CH3-].[Cu+2]. The van der Waals surface area contributed by atoms with Crippen LogP contribution in [0.25, 0.3) is 0 Å². The molecular weight excluding hydrogens is 140 g/mol. The summed E-state index contributed by atoms with van der Waals surface area (Å²) >= 11 is 0. The first-order chi connectivity index (χ1) is 2.41. The van der Waals surface area contributed by atoms with Crippen molar-refractivity contribution in [1.29, 1.82) is 0 Å². The molecule has 0 aromatic heterocycles. The second-order valence-corrected chi connectivity index (χ2v) is 0.971. The topological polar surface area (TPSA) is 20.2 Å². The van der Waals surface area contributed by atoms with Crippen LogP contribution < -0.4 is 0 Å². The molecule has 0 fully saturated rings. The van der Waals surface area contributed by atoms with Gasteiger partial charge in [0.25, 0.3) is 0 Å². The molecule has 0 amide bonds. The fourth-order valence-electron chi connectivity index (χ4n) is 0.129. The van der Waals surface area contributed by atoms with E-state index in [0.29, 0.717) is 0 Å². The second kappa shape index (κ2) is 16.1. The van der Waals surface area contributed by atoms with Crippen molar-refractivity contribution in [2.75, 3.05) is 0 Å². The summed E-state index contributed by atoms with van der Waals surface area (Å²) in [5.41, 5.74) is 0. The third-order valence-corrected chi connectivity index (χ3v) is 0.418. The van der Waals surface area contributed by atoms with E-state index < -0.39 is 0 Å². The first-order valence-electron chi connectivity index (χ1n) is 1.87. The smallest absolute Gasteiger partial charge is 0.566 e. The van der Waals surface area contributed by atoms with Gasteiger partial charge >= 0.3 is 17.1 Å². The van der Waals surface area contributed by atoms with E-state index in [1.54, 1.807) is 0 Å². The van der Waals surface area contributed by atoms with Gasteiger partial charge in [-0.2, -0.15) is 6.42 Å². The van der Waals surface area contributed by atoms with Gasteiger partial charge in [0, 0.05) is 0 Å². The zero-order valence-corrected chi connectivity index (χ0v) is 5.68. The predicted molar refractivity (Wildman–Crippen MR) is 27.6 cm³/mol. The maximum atomic E-state index is 7.94. The molecule has 0 aromatic rings. The van der Waals surface area contributed by atoms with Gasteiger partial charge in [0.1, 0.15) is 0 Å². The van der Waals surface area contributed by atoms with Crippen molar-refractivity contribution in [2.45, 2.75) is 19.8 Å². The van der Waals surface area contributed by atoms with Gasteiger partial charge in [-0.1, -0.05) is 13.3 Å². The van der Waals surface area contributed by atoms with E-state index in [4.69, 9.17) is 5.11 Å². The van der Waals surface area contributed by atoms with E-state index in [-0.39, 0.29) is 24.5 Å². The van der Waals surface area contributed by atoms with Crippen LogP contribution in [0, 0.1) is 14.0 Å². The van der Waals surface area contributed by atoms with Gasteiger partial charge < -0.3 is 12.5 Å². The van der Waals surface area contributed by atoms with Gasteiger partial charge in [-0.3, -0.25) is 0 Å². The molecule has 0 spiro atoms. The maximum absolute atomic E-state index is 7.94. The minimum atomic E-state index is 0. The second-order valence-electron chi connectivity index (χ2n) is 0.971. The minimum absolute atomic E-state index is 0. The Bertz CT molecular complexity index is 15.6. The fourth-order valence-corrected chi connectivity index (χ4v) is 0.129. The van der Waals surface area contributed by atoms with Crippen LogP contribution in [0.4, 0.5) is 0 Å². The zero-order chi connectivity index (χ0) is 4.12. The summed E-state index contributed by atoms with van der Waals surface area (Å²) < 4.78 is 0. The van der Waals surface area contributed by atoms with Gasteiger partial charge in [-0.05, 0) is 0 Å². The molecule has 0 rings (SSSR count). The van der Waals surface area contributed by atoms with Crippen molar-refractivity contribution in [3.05, 3.63) is 14.0 Å². The Morgan fingerprint density at radius 2 is 2.00 bits per heavy atom. The first kappa shape index (κ1) is 15.6. The minimum Gasteiger partial charge on any atom is -0.566 e. The Morgan fingerprint density at radius 3 is 2.00 bits per heavy atom. The van der Waals surface area contributed by atoms with Crippen LogP contribution in [0.3, 0.4) is 0 Å². The molecule has 0 bridgehead atoms. The van der Waals surface area contributed by atoms with Crippen molar-refractivity contribution < 1.29 is 22.2 Å². The van der Waals surface area contributed by atoms with E-state index in [0.717, 1.165) is 12.8 Å². The van der Waals surface area contributed by atoms with Crippen LogP contribution in [0.15, 0.2) is 0 Å². The molecule has 0 aliphatic rings. The molecule has 0 aliphatic heterocycles. The summed E-state index contributed by atoms with van der Waals surface area (Å²) in [6, 6.07) is 0. The fraction of sp³-hybridized carbons (Fsp3) is 0.600. The summed E-state index contributed by atoms with van der Waals surface area (Å²) in [4.78, 5) is 0. The average molecular weight is 152 g/mol. The Labute approximate surface area is 56.6 Å². The number of rotatable bonds is 2. The van der Waals surface area contributed by atoms with Crippen LogP contribution in [-0.4, -0.2) is 5.11 Å². The van der Waals surface area contributed by atoms with Crippen molar-refractivity contribution in [1.82, 2.24) is 0 Å². The van der Waals surface area contributed by atoms with E-state index in [2.05, 4.69) is 0 Å². The van der Waals surface area contributed by atoms with E-state index >= 15 is 0 Å². The molecule has 2 heteroatoms. The average Bonchev–Trinajstić information content (AvgIpc) is 1.41. The molecule has 49 valence electrons.